The standard InChI is InChI=1S/C21H33N3O2/c1-21(2,3)20(26)22-12-7-10-19(25)24-16-14-23(15-17-24)13-11-18-8-5-4-6-9-18/h4-6,8-9H,7,10-17H2,1-3H3,(H,22,26). The van der Waals surface area contributed by atoms with Crippen molar-refractivity contribution in [1.29, 1.82) is 0 Å². The summed E-state index contributed by atoms with van der Waals surface area (Å²) in [6, 6.07) is 10.5. The van der Waals surface area contributed by atoms with Gasteiger partial charge in [-0.25, -0.2) is 0 Å². The van der Waals surface area contributed by atoms with Gasteiger partial charge in [0.25, 0.3) is 0 Å². The van der Waals surface area contributed by atoms with E-state index in [4.69, 9.17) is 0 Å². The molecule has 1 saturated heterocycles. The van der Waals surface area contributed by atoms with Crippen LogP contribution in [-0.2, 0) is 16.0 Å². The fourth-order valence-corrected chi connectivity index (χ4v) is 3.02. The maximum Gasteiger partial charge on any atom is 0.225 e. The van der Waals surface area contributed by atoms with Crippen LogP contribution in [0.15, 0.2) is 30.3 Å². The largest absolute Gasteiger partial charge is 0.356 e. The van der Waals surface area contributed by atoms with Crippen molar-refractivity contribution < 1.29 is 9.59 Å². The van der Waals surface area contributed by atoms with E-state index in [0.717, 1.165) is 39.1 Å². The molecule has 5 nitrogen and oxygen atoms in total. The van der Waals surface area contributed by atoms with E-state index in [2.05, 4.69) is 34.5 Å². The number of hydrogen-bond donors (Lipinski definition) is 1. The van der Waals surface area contributed by atoms with E-state index in [-0.39, 0.29) is 17.2 Å². The number of benzene rings is 1. The van der Waals surface area contributed by atoms with Gasteiger partial charge in [-0.2, -0.15) is 0 Å². The molecular weight excluding hydrogens is 326 g/mol. The lowest BCUT2D eigenvalue weighted by atomic mass is 9.96. The Hall–Kier alpha value is -1.88. The molecule has 26 heavy (non-hydrogen) atoms. The minimum atomic E-state index is -0.375. The van der Waals surface area contributed by atoms with Gasteiger partial charge in [0, 0.05) is 51.1 Å². The van der Waals surface area contributed by atoms with Crippen molar-refractivity contribution in [2.24, 2.45) is 5.41 Å². The molecule has 0 radical (unpaired) electrons. The molecule has 0 aromatic heterocycles. The third kappa shape index (κ3) is 6.79. The molecule has 1 N–H and O–H groups in total. The van der Waals surface area contributed by atoms with E-state index in [1.54, 1.807) is 0 Å². The number of hydrogen-bond acceptors (Lipinski definition) is 3. The van der Waals surface area contributed by atoms with Crippen LogP contribution in [0.1, 0.15) is 39.2 Å². The molecule has 0 unspecified atom stereocenters. The van der Waals surface area contributed by atoms with Crippen molar-refractivity contribution in [2.75, 3.05) is 39.3 Å². The second-order valence-electron chi connectivity index (χ2n) is 8.07. The summed E-state index contributed by atoms with van der Waals surface area (Å²) in [5.74, 6) is 0.245. The summed E-state index contributed by atoms with van der Waals surface area (Å²) >= 11 is 0. The third-order valence-corrected chi connectivity index (χ3v) is 4.82. The summed E-state index contributed by atoms with van der Waals surface area (Å²) in [6.45, 7) is 10.8. The molecule has 2 rings (SSSR count). The van der Waals surface area contributed by atoms with Gasteiger partial charge in [0.2, 0.25) is 11.8 Å². The average molecular weight is 360 g/mol. The number of carbonyl (C=O) groups is 2. The van der Waals surface area contributed by atoms with Gasteiger partial charge in [0.05, 0.1) is 0 Å². The Morgan fingerprint density at radius 2 is 1.69 bits per heavy atom. The number of rotatable bonds is 7. The predicted octanol–water partition coefficient (Wildman–Crippen LogP) is 2.32. The van der Waals surface area contributed by atoms with Gasteiger partial charge in [0.1, 0.15) is 0 Å². The highest BCUT2D eigenvalue weighted by Gasteiger charge is 2.22. The molecular formula is C21H33N3O2. The zero-order valence-corrected chi connectivity index (χ0v) is 16.5. The first-order chi connectivity index (χ1) is 12.4. The van der Waals surface area contributed by atoms with Crippen molar-refractivity contribution in [1.82, 2.24) is 15.1 Å². The van der Waals surface area contributed by atoms with Crippen LogP contribution in [0.3, 0.4) is 0 Å². The highest BCUT2D eigenvalue weighted by molar-refractivity contribution is 5.81. The van der Waals surface area contributed by atoms with Gasteiger partial charge < -0.3 is 10.2 Å². The van der Waals surface area contributed by atoms with E-state index < -0.39 is 0 Å². The molecule has 0 bridgehead atoms. The quantitative estimate of drug-likeness (QED) is 0.760. The lowest BCUT2D eigenvalue weighted by Crippen LogP contribution is -2.49. The Morgan fingerprint density at radius 1 is 1.04 bits per heavy atom. The van der Waals surface area contributed by atoms with Crippen LogP contribution in [0.5, 0.6) is 0 Å². The van der Waals surface area contributed by atoms with E-state index in [0.29, 0.717) is 19.4 Å². The minimum absolute atomic E-state index is 0.0389. The van der Waals surface area contributed by atoms with Gasteiger partial charge in [0.15, 0.2) is 0 Å². The number of nitrogens with zero attached hydrogens (tertiary/aromatic N) is 2. The van der Waals surface area contributed by atoms with Gasteiger partial charge in [-0.15, -0.1) is 0 Å². The molecule has 144 valence electrons. The molecule has 1 heterocycles. The fraction of sp³-hybridized carbons (Fsp3) is 0.619. The van der Waals surface area contributed by atoms with Crippen LogP contribution >= 0.6 is 0 Å². The van der Waals surface area contributed by atoms with Gasteiger partial charge in [-0.3, -0.25) is 14.5 Å². The summed E-state index contributed by atoms with van der Waals surface area (Å²) in [7, 11) is 0. The summed E-state index contributed by atoms with van der Waals surface area (Å²) in [5, 5.41) is 2.90. The van der Waals surface area contributed by atoms with Crippen molar-refractivity contribution in [3.05, 3.63) is 35.9 Å². The summed E-state index contributed by atoms with van der Waals surface area (Å²) < 4.78 is 0. The molecule has 2 amide bonds. The lowest BCUT2D eigenvalue weighted by molar-refractivity contribution is -0.133. The topological polar surface area (TPSA) is 52.7 Å². The number of piperazine rings is 1. The van der Waals surface area contributed by atoms with Crippen molar-refractivity contribution in [3.8, 4) is 0 Å². The lowest BCUT2D eigenvalue weighted by Gasteiger charge is -2.34. The molecule has 5 heteroatoms. The highest BCUT2D eigenvalue weighted by Crippen LogP contribution is 2.12. The smallest absolute Gasteiger partial charge is 0.225 e. The van der Waals surface area contributed by atoms with Crippen molar-refractivity contribution in [2.45, 2.75) is 40.0 Å². The second-order valence-corrected chi connectivity index (χ2v) is 8.07. The van der Waals surface area contributed by atoms with Gasteiger partial charge in [-0.1, -0.05) is 51.1 Å². The molecule has 1 aromatic carbocycles. The first kappa shape index (κ1) is 20.4. The first-order valence-electron chi connectivity index (χ1n) is 9.68. The number of amides is 2. The van der Waals surface area contributed by atoms with E-state index in [9.17, 15) is 9.59 Å². The Bertz CT molecular complexity index is 573. The molecule has 0 aliphatic carbocycles. The average Bonchev–Trinajstić information content (AvgIpc) is 2.63. The Labute approximate surface area is 157 Å². The van der Waals surface area contributed by atoms with E-state index in [1.165, 1.54) is 5.56 Å². The van der Waals surface area contributed by atoms with Crippen molar-refractivity contribution >= 4 is 11.8 Å². The SMILES string of the molecule is CC(C)(C)C(=O)NCCCC(=O)N1CCN(CCc2ccccc2)CC1. The van der Waals surface area contributed by atoms with Crippen LogP contribution in [0.2, 0.25) is 0 Å². The molecule has 0 saturated carbocycles. The highest BCUT2D eigenvalue weighted by atomic mass is 16.2. The van der Waals surface area contributed by atoms with Crippen LogP contribution in [0, 0.1) is 5.41 Å². The minimum Gasteiger partial charge on any atom is -0.356 e. The molecule has 1 fully saturated rings. The van der Waals surface area contributed by atoms with Crippen LogP contribution in [0.4, 0.5) is 0 Å². The molecule has 1 aliphatic rings. The zero-order valence-electron chi connectivity index (χ0n) is 16.5. The summed E-state index contributed by atoms with van der Waals surface area (Å²) in [4.78, 5) is 28.5. The Kier molecular flexibility index (Phi) is 7.64. The van der Waals surface area contributed by atoms with Crippen LogP contribution in [0.25, 0.3) is 0 Å². The summed E-state index contributed by atoms with van der Waals surface area (Å²) in [6.07, 6.45) is 2.27. The molecule has 1 aliphatic heterocycles. The van der Waals surface area contributed by atoms with Gasteiger partial charge in [-0.05, 0) is 18.4 Å². The van der Waals surface area contributed by atoms with Crippen LogP contribution in [-0.4, -0.2) is 60.9 Å². The predicted molar refractivity (Wildman–Crippen MR) is 105 cm³/mol. The molecule has 1 aromatic rings. The molecule has 0 atom stereocenters. The number of carbonyl (C=O) groups excluding carboxylic acids is 2. The monoisotopic (exact) mass is 359 g/mol. The van der Waals surface area contributed by atoms with E-state index >= 15 is 0 Å². The Balaban J connectivity index is 1.60. The van der Waals surface area contributed by atoms with Crippen molar-refractivity contribution in [3.63, 3.8) is 0 Å². The fourth-order valence-electron chi connectivity index (χ4n) is 3.02. The second kappa shape index (κ2) is 9.72. The molecule has 0 spiro atoms. The number of nitrogens with one attached hydrogen (secondary N) is 1. The third-order valence-electron chi connectivity index (χ3n) is 4.82. The maximum atomic E-state index is 12.3. The van der Waals surface area contributed by atoms with E-state index in [1.807, 2.05) is 31.7 Å². The normalized spacial score (nSPS) is 15.7. The zero-order chi connectivity index (χ0) is 19.0. The Morgan fingerprint density at radius 3 is 2.31 bits per heavy atom. The first-order valence-corrected chi connectivity index (χ1v) is 9.68. The van der Waals surface area contributed by atoms with Crippen LogP contribution < -0.4 is 5.32 Å². The maximum absolute atomic E-state index is 12.3. The van der Waals surface area contributed by atoms with Gasteiger partial charge >= 0.3 is 0 Å². The summed E-state index contributed by atoms with van der Waals surface area (Å²) in [5.41, 5.74) is 0.989.